The molecule has 0 unspecified atom stereocenters. The van der Waals surface area contributed by atoms with Gasteiger partial charge in [-0.2, -0.15) is 0 Å². The van der Waals surface area contributed by atoms with E-state index in [1.807, 2.05) is 35.7 Å². The summed E-state index contributed by atoms with van der Waals surface area (Å²) in [4.78, 5) is 10.5. The largest absolute Gasteiger partial charge is 0.276 e. The van der Waals surface area contributed by atoms with Gasteiger partial charge in [-0.3, -0.25) is 10.1 Å². The first-order valence-corrected chi connectivity index (χ1v) is 7.34. The summed E-state index contributed by atoms with van der Waals surface area (Å²) in [7, 11) is 0. The van der Waals surface area contributed by atoms with Crippen LogP contribution in [0.15, 0.2) is 30.3 Å². The lowest BCUT2D eigenvalue weighted by Crippen LogP contribution is -1.92. The van der Waals surface area contributed by atoms with Gasteiger partial charge in [0.15, 0.2) is 0 Å². The van der Waals surface area contributed by atoms with E-state index >= 15 is 0 Å². The maximum absolute atomic E-state index is 10.8. The normalized spacial score (nSPS) is 24.3. The highest BCUT2D eigenvalue weighted by Crippen LogP contribution is 2.38. The summed E-state index contributed by atoms with van der Waals surface area (Å²) in [6.45, 7) is 2.20. The van der Waals surface area contributed by atoms with E-state index in [4.69, 9.17) is 0 Å². The molecule has 1 heterocycles. The van der Waals surface area contributed by atoms with Crippen LogP contribution in [0, 0.1) is 10.1 Å². The standard InChI is InChI=1S/C12H13NO2S2/c1-9-8-16-12(17-9)7-6-10-4-2-3-5-11(10)13(14)15/h2-7,9,12H,8H2,1H3/t9-,12+/m1/s1. The van der Waals surface area contributed by atoms with Gasteiger partial charge in [-0.15, -0.1) is 23.5 Å². The van der Waals surface area contributed by atoms with Crippen molar-refractivity contribution in [2.75, 3.05) is 5.75 Å². The fourth-order valence-corrected chi connectivity index (χ4v) is 4.56. The molecule has 2 atom stereocenters. The topological polar surface area (TPSA) is 43.1 Å². The average molecular weight is 267 g/mol. The van der Waals surface area contributed by atoms with E-state index < -0.39 is 0 Å². The van der Waals surface area contributed by atoms with Crippen LogP contribution >= 0.6 is 23.5 Å². The summed E-state index contributed by atoms with van der Waals surface area (Å²) >= 11 is 3.80. The molecule has 2 rings (SSSR count). The van der Waals surface area contributed by atoms with Crippen LogP contribution in [0.25, 0.3) is 6.08 Å². The molecule has 1 aliphatic heterocycles. The highest BCUT2D eigenvalue weighted by molar-refractivity contribution is 8.20. The number of rotatable bonds is 3. The first-order valence-electron chi connectivity index (χ1n) is 5.35. The lowest BCUT2D eigenvalue weighted by atomic mass is 10.2. The maximum Gasteiger partial charge on any atom is 0.276 e. The van der Waals surface area contributed by atoms with E-state index in [0.717, 1.165) is 5.75 Å². The van der Waals surface area contributed by atoms with Crippen molar-refractivity contribution in [3.05, 3.63) is 46.0 Å². The minimum Gasteiger partial charge on any atom is -0.258 e. The number of hydrogen-bond donors (Lipinski definition) is 0. The van der Waals surface area contributed by atoms with Gasteiger partial charge in [0.05, 0.1) is 15.1 Å². The van der Waals surface area contributed by atoms with Crippen molar-refractivity contribution in [1.29, 1.82) is 0 Å². The quantitative estimate of drug-likeness (QED) is 0.617. The second kappa shape index (κ2) is 5.60. The van der Waals surface area contributed by atoms with Crippen LogP contribution < -0.4 is 0 Å². The van der Waals surface area contributed by atoms with E-state index in [0.29, 0.717) is 15.4 Å². The molecule has 0 aromatic heterocycles. The highest BCUT2D eigenvalue weighted by Gasteiger charge is 2.20. The second-order valence-electron chi connectivity index (χ2n) is 3.82. The van der Waals surface area contributed by atoms with Crippen molar-refractivity contribution in [3.63, 3.8) is 0 Å². The van der Waals surface area contributed by atoms with Gasteiger partial charge in [0.2, 0.25) is 0 Å². The fourth-order valence-electron chi connectivity index (χ4n) is 1.62. The second-order valence-corrected chi connectivity index (χ2v) is 6.88. The molecular weight excluding hydrogens is 254 g/mol. The Morgan fingerprint density at radius 3 is 2.88 bits per heavy atom. The third kappa shape index (κ3) is 3.26. The van der Waals surface area contributed by atoms with Gasteiger partial charge in [0.25, 0.3) is 5.69 Å². The summed E-state index contributed by atoms with van der Waals surface area (Å²) in [5.74, 6) is 1.15. The molecule has 0 aliphatic carbocycles. The first-order chi connectivity index (χ1) is 8.16. The van der Waals surface area contributed by atoms with E-state index in [-0.39, 0.29) is 10.6 Å². The molecule has 1 aliphatic rings. The Kier molecular flexibility index (Phi) is 4.12. The van der Waals surface area contributed by atoms with Gasteiger partial charge in [-0.1, -0.05) is 31.2 Å². The molecule has 0 radical (unpaired) electrons. The van der Waals surface area contributed by atoms with Crippen LogP contribution in [0.4, 0.5) is 5.69 Å². The van der Waals surface area contributed by atoms with Crippen molar-refractivity contribution in [2.45, 2.75) is 16.8 Å². The predicted molar refractivity (Wildman–Crippen MR) is 75.4 cm³/mol. The predicted octanol–water partition coefficient (Wildman–Crippen LogP) is 3.80. The van der Waals surface area contributed by atoms with Crippen molar-refractivity contribution < 1.29 is 4.92 Å². The Labute approximate surface area is 109 Å². The Balaban J connectivity index is 2.13. The smallest absolute Gasteiger partial charge is 0.258 e. The fraction of sp³-hybridized carbons (Fsp3) is 0.333. The van der Waals surface area contributed by atoms with Gasteiger partial charge >= 0.3 is 0 Å². The van der Waals surface area contributed by atoms with Crippen LogP contribution in [0.2, 0.25) is 0 Å². The molecule has 5 heteroatoms. The zero-order chi connectivity index (χ0) is 12.3. The molecular formula is C12H13NO2S2. The number of nitrogens with zero attached hydrogens (tertiary/aromatic N) is 1. The van der Waals surface area contributed by atoms with Crippen molar-refractivity contribution in [1.82, 2.24) is 0 Å². The molecule has 0 amide bonds. The van der Waals surface area contributed by atoms with Gasteiger partial charge < -0.3 is 0 Å². The monoisotopic (exact) mass is 267 g/mol. The number of nitro benzene ring substituents is 1. The van der Waals surface area contributed by atoms with Crippen LogP contribution in [0.5, 0.6) is 0 Å². The molecule has 1 fully saturated rings. The number of para-hydroxylation sites is 1. The molecule has 17 heavy (non-hydrogen) atoms. The molecule has 0 saturated carbocycles. The maximum atomic E-state index is 10.8. The Bertz CT molecular complexity index is 448. The molecule has 90 valence electrons. The summed E-state index contributed by atoms with van der Waals surface area (Å²) in [5.41, 5.74) is 0.850. The number of thioether (sulfide) groups is 2. The van der Waals surface area contributed by atoms with E-state index in [2.05, 4.69) is 13.0 Å². The van der Waals surface area contributed by atoms with Crippen LogP contribution in [0.1, 0.15) is 12.5 Å². The molecule has 0 bridgehead atoms. The number of hydrogen-bond acceptors (Lipinski definition) is 4. The number of nitro groups is 1. The summed E-state index contributed by atoms with van der Waals surface area (Å²) in [5, 5.41) is 11.5. The van der Waals surface area contributed by atoms with E-state index in [1.54, 1.807) is 12.1 Å². The van der Waals surface area contributed by atoms with Gasteiger partial charge in [-0.05, 0) is 6.07 Å². The zero-order valence-corrected chi connectivity index (χ0v) is 11.0. The third-order valence-corrected chi connectivity index (χ3v) is 5.62. The van der Waals surface area contributed by atoms with Crippen molar-refractivity contribution in [2.24, 2.45) is 0 Å². The molecule has 1 aromatic rings. The first kappa shape index (κ1) is 12.5. The van der Waals surface area contributed by atoms with Crippen LogP contribution in [0.3, 0.4) is 0 Å². The van der Waals surface area contributed by atoms with Crippen LogP contribution in [-0.2, 0) is 0 Å². The zero-order valence-electron chi connectivity index (χ0n) is 9.41. The SMILES string of the molecule is C[C@@H]1CS[C@H](C=Cc2ccccc2[N+](=O)[O-])S1. The van der Waals surface area contributed by atoms with Crippen molar-refractivity contribution in [3.8, 4) is 0 Å². The Morgan fingerprint density at radius 2 is 2.24 bits per heavy atom. The summed E-state index contributed by atoms with van der Waals surface area (Å²) in [6, 6.07) is 6.83. The molecule has 1 saturated heterocycles. The minimum absolute atomic E-state index is 0.171. The average Bonchev–Trinajstić information content (AvgIpc) is 2.73. The molecule has 0 spiro atoms. The van der Waals surface area contributed by atoms with Crippen LogP contribution in [-0.4, -0.2) is 20.5 Å². The van der Waals surface area contributed by atoms with E-state index in [1.165, 1.54) is 6.07 Å². The summed E-state index contributed by atoms with van der Waals surface area (Å²) in [6.07, 6.45) is 3.92. The number of benzene rings is 1. The Morgan fingerprint density at radius 1 is 1.47 bits per heavy atom. The molecule has 1 aromatic carbocycles. The van der Waals surface area contributed by atoms with Gasteiger partial charge in [0, 0.05) is 17.1 Å². The third-order valence-electron chi connectivity index (χ3n) is 2.43. The Hall–Kier alpha value is -0.940. The van der Waals surface area contributed by atoms with Gasteiger partial charge in [-0.25, -0.2) is 0 Å². The summed E-state index contributed by atoms with van der Waals surface area (Å²) < 4.78 is 0.421. The van der Waals surface area contributed by atoms with Crippen molar-refractivity contribution >= 4 is 35.3 Å². The minimum atomic E-state index is -0.336. The highest BCUT2D eigenvalue weighted by atomic mass is 32.2. The van der Waals surface area contributed by atoms with E-state index in [9.17, 15) is 10.1 Å². The molecule has 0 N–H and O–H groups in total. The van der Waals surface area contributed by atoms with Gasteiger partial charge in [0.1, 0.15) is 0 Å². The molecule has 3 nitrogen and oxygen atoms in total. The lowest BCUT2D eigenvalue weighted by molar-refractivity contribution is -0.385. The lowest BCUT2D eigenvalue weighted by Gasteiger charge is -2.01.